The average molecular weight is 662 g/mol. The van der Waals surface area contributed by atoms with Gasteiger partial charge in [0.05, 0.1) is 16.7 Å². The van der Waals surface area contributed by atoms with E-state index in [0.29, 0.717) is 0 Å². The van der Waals surface area contributed by atoms with E-state index in [4.69, 9.17) is 0 Å². The van der Waals surface area contributed by atoms with Crippen molar-refractivity contribution in [1.29, 1.82) is 0 Å². The third-order valence-electron chi connectivity index (χ3n) is 11.7. The van der Waals surface area contributed by atoms with E-state index in [1.807, 2.05) is 0 Å². The van der Waals surface area contributed by atoms with Crippen LogP contribution in [0.4, 0.5) is 0 Å². The van der Waals surface area contributed by atoms with E-state index in [1.165, 1.54) is 104 Å². The highest BCUT2D eigenvalue weighted by atomic mass is 15.0. The maximum absolute atomic E-state index is 2.51. The molecule has 1 aliphatic heterocycles. The van der Waals surface area contributed by atoms with Crippen LogP contribution in [-0.4, -0.2) is 4.57 Å². The maximum atomic E-state index is 2.51. The van der Waals surface area contributed by atoms with Crippen molar-refractivity contribution in [2.75, 3.05) is 0 Å². The molecule has 0 saturated carbocycles. The highest BCUT2D eigenvalue weighted by molar-refractivity contribution is 6.22. The van der Waals surface area contributed by atoms with Crippen LogP contribution in [0.3, 0.4) is 0 Å². The lowest BCUT2D eigenvalue weighted by Gasteiger charge is -2.34. The van der Waals surface area contributed by atoms with Crippen LogP contribution in [0.15, 0.2) is 176 Å². The van der Waals surface area contributed by atoms with Crippen LogP contribution in [0.1, 0.15) is 25.0 Å². The van der Waals surface area contributed by atoms with Crippen molar-refractivity contribution in [2.24, 2.45) is 0 Å². The van der Waals surface area contributed by atoms with Gasteiger partial charge in [0.2, 0.25) is 0 Å². The van der Waals surface area contributed by atoms with Gasteiger partial charge in [0.25, 0.3) is 0 Å². The van der Waals surface area contributed by atoms with Crippen LogP contribution in [-0.2, 0) is 5.41 Å². The van der Waals surface area contributed by atoms with Gasteiger partial charge >= 0.3 is 0 Å². The summed E-state index contributed by atoms with van der Waals surface area (Å²) >= 11 is 0. The second-order valence-corrected chi connectivity index (χ2v) is 14.9. The Bertz CT molecular complexity index is 3040. The van der Waals surface area contributed by atoms with Crippen LogP contribution in [0, 0.1) is 0 Å². The molecule has 0 spiro atoms. The first-order chi connectivity index (χ1) is 25.6. The molecule has 0 atom stereocenters. The maximum Gasteiger partial charge on any atom is 0.0582 e. The highest BCUT2D eigenvalue weighted by Gasteiger charge is 2.34. The highest BCUT2D eigenvalue weighted by Crippen LogP contribution is 2.49. The molecule has 2 heterocycles. The Morgan fingerprint density at radius 3 is 1.65 bits per heavy atom. The van der Waals surface area contributed by atoms with Gasteiger partial charge in [-0.25, -0.2) is 0 Å². The van der Waals surface area contributed by atoms with Gasteiger partial charge in [0, 0.05) is 16.2 Å². The topological polar surface area (TPSA) is 4.93 Å². The van der Waals surface area contributed by atoms with Gasteiger partial charge in [-0.1, -0.05) is 159 Å². The molecular formula is C51H35N. The van der Waals surface area contributed by atoms with Gasteiger partial charge in [0.15, 0.2) is 0 Å². The first-order valence-electron chi connectivity index (χ1n) is 18.3. The number of para-hydroxylation sites is 2. The SMILES string of the molecule is CC1(C)c2ccccc2-n2c3ccc(-c4c5ccccc5c(-c5cccc(-c6ccc7ccccc7c6)c5)c5ccccc45)cc3c3cccc1c32. The van der Waals surface area contributed by atoms with Gasteiger partial charge in [-0.15, -0.1) is 0 Å². The summed E-state index contributed by atoms with van der Waals surface area (Å²) in [4.78, 5) is 0. The van der Waals surface area contributed by atoms with Crippen molar-refractivity contribution < 1.29 is 0 Å². The predicted molar refractivity (Wildman–Crippen MR) is 222 cm³/mol. The molecular weight excluding hydrogens is 627 g/mol. The normalized spacial score (nSPS) is 13.3. The van der Waals surface area contributed by atoms with E-state index in [9.17, 15) is 0 Å². The van der Waals surface area contributed by atoms with Crippen molar-refractivity contribution in [3.8, 4) is 39.1 Å². The Hall–Kier alpha value is -6.44. The summed E-state index contributed by atoms with van der Waals surface area (Å²) in [5.41, 5.74) is 14.0. The minimum Gasteiger partial charge on any atom is -0.309 e. The molecule has 11 rings (SSSR count). The summed E-state index contributed by atoms with van der Waals surface area (Å²) in [6, 6.07) is 65.4. The van der Waals surface area contributed by atoms with Crippen LogP contribution >= 0.6 is 0 Å². The number of hydrogen-bond donors (Lipinski definition) is 0. The number of rotatable bonds is 3. The Morgan fingerprint density at radius 1 is 0.365 bits per heavy atom. The van der Waals surface area contributed by atoms with Gasteiger partial charge in [-0.05, 0) is 107 Å². The Kier molecular flexibility index (Phi) is 6.08. The van der Waals surface area contributed by atoms with Crippen LogP contribution in [0.2, 0.25) is 0 Å². The molecule has 244 valence electrons. The monoisotopic (exact) mass is 661 g/mol. The van der Waals surface area contributed by atoms with Crippen molar-refractivity contribution in [3.63, 3.8) is 0 Å². The van der Waals surface area contributed by atoms with Crippen molar-refractivity contribution in [2.45, 2.75) is 19.3 Å². The molecule has 1 aromatic heterocycles. The van der Waals surface area contributed by atoms with E-state index < -0.39 is 0 Å². The molecule has 0 bridgehead atoms. The molecule has 1 heteroatoms. The third-order valence-corrected chi connectivity index (χ3v) is 11.7. The Labute approximate surface area is 303 Å². The summed E-state index contributed by atoms with van der Waals surface area (Å²) in [6.45, 7) is 4.73. The second-order valence-electron chi connectivity index (χ2n) is 14.9. The summed E-state index contributed by atoms with van der Waals surface area (Å²) in [5.74, 6) is 0. The van der Waals surface area contributed by atoms with Gasteiger partial charge < -0.3 is 4.57 Å². The Balaban J connectivity index is 1.16. The molecule has 1 aliphatic rings. The summed E-state index contributed by atoms with van der Waals surface area (Å²) in [5, 5.41) is 10.2. The molecule has 10 aromatic rings. The fourth-order valence-corrected chi connectivity index (χ4v) is 9.29. The lowest BCUT2D eigenvalue weighted by atomic mass is 9.75. The first-order valence-corrected chi connectivity index (χ1v) is 18.3. The van der Waals surface area contributed by atoms with E-state index >= 15 is 0 Å². The smallest absolute Gasteiger partial charge is 0.0582 e. The summed E-state index contributed by atoms with van der Waals surface area (Å²) in [7, 11) is 0. The number of hydrogen-bond acceptors (Lipinski definition) is 0. The average Bonchev–Trinajstić information content (AvgIpc) is 3.53. The largest absolute Gasteiger partial charge is 0.309 e. The van der Waals surface area contributed by atoms with Crippen molar-refractivity contribution >= 4 is 54.1 Å². The number of benzene rings is 9. The van der Waals surface area contributed by atoms with Gasteiger partial charge in [-0.2, -0.15) is 0 Å². The summed E-state index contributed by atoms with van der Waals surface area (Å²) < 4.78 is 2.51. The minimum atomic E-state index is -0.0862. The zero-order valence-electron chi connectivity index (χ0n) is 29.2. The van der Waals surface area contributed by atoms with Gasteiger partial charge in [-0.3, -0.25) is 0 Å². The van der Waals surface area contributed by atoms with Crippen molar-refractivity contribution in [3.05, 3.63) is 187 Å². The summed E-state index contributed by atoms with van der Waals surface area (Å²) in [6.07, 6.45) is 0. The fourth-order valence-electron chi connectivity index (χ4n) is 9.29. The van der Waals surface area contributed by atoms with Crippen LogP contribution in [0.5, 0.6) is 0 Å². The number of nitrogens with zero attached hydrogens (tertiary/aromatic N) is 1. The van der Waals surface area contributed by atoms with E-state index in [2.05, 4.69) is 194 Å². The molecule has 0 aliphatic carbocycles. The lowest BCUT2D eigenvalue weighted by Crippen LogP contribution is -2.26. The lowest BCUT2D eigenvalue weighted by molar-refractivity contribution is 0.630. The number of aromatic nitrogens is 1. The Morgan fingerprint density at radius 2 is 0.904 bits per heavy atom. The predicted octanol–water partition coefficient (Wildman–Crippen LogP) is 13.9. The zero-order valence-corrected chi connectivity index (χ0v) is 29.2. The van der Waals surface area contributed by atoms with E-state index in [1.54, 1.807) is 0 Å². The van der Waals surface area contributed by atoms with Crippen LogP contribution in [0.25, 0.3) is 93.2 Å². The molecule has 52 heavy (non-hydrogen) atoms. The number of fused-ring (bicyclic) bond motifs is 8. The zero-order chi connectivity index (χ0) is 34.6. The quantitative estimate of drug-likeness (QED) is 0.166. The molecule has 0 radical (unpaired) electrons. The minimum absolute atomic E-state index is 0.0862. The molecule has 1 nitrogen and oxygen atoms in total. The van der Waals surface area contributed by atoms with E-state index in [0.717, 1.165) is 0 Å². The van der Waals surface area contributed by atoms with Crippen molar-refractivity contribution in [1.82, 2.24) is 4.57 Å². The molecule has 9 aromatic carbocycles. The molecule has 0 unspecified atom stereocenters. The van der Waals surface area contributed by atoms with Crippen LogP contribution < -0.4 is 0 Å². The molecule has 0 N–H and O–H groups in total. The first kappa shape index (κ1) is 29.3. The van der Waals surface area contributed by atoms with E-state index in [-0.39, 0.29) is 5.41 Å². The fraction of sp³-hybridized carbons (Fsp3) is 0.0588. The standard InChI is InChI=1S/C51H35N/c1-51(2)44-22-9-10-24-47(44)52-46-28-27-37(31-43(46)42-21-12-23-45(51)50(42)52)49-40-19-7-5-17-38(40)48(39-18-6-8-20-41(39)49)36-16-11-15-34(30-36)35-26-25-32-13-3-4-14-33(32)29-35/h3-31H,1-2H3. The second kappa shape index (κ2) is 10.8. The third kappa shape index (κ3) is 4.05. The van der Waals surface area contributed by atoms with Gasteiger partial charge in [0.1, 0.15) is 0 Å². The molecule has 0 saturated heterocycles. The molecule has 0 fully saturated rings. The molecule has 0 amide bonds.